The SMILES string of the molecule is CNC1CCN(c2cc(Cl)ccc2C#N)C1. The number of anilines is 1. The molecule has 0 spiro atoms. The van der Waals surface area contributed by atoms with E-state index in [-0.39, 0.29) is 0 Å². The number of hydrogen-bond donors (Lipinski definition) is 1. The molecule has 3 nitrogen and oxygen atoms in total. The standard InChI is InChI=1S/C12H14ClN3/c1-15-11-4-5-16(8-11)12-6-10(13)3-2-9(12)7-14/h2-3,6,11,15H,4-5,8H2,1H3. The number of halogens is 1. The number of hydrogen-bond acceptors (Lipinski definition) is 3. The predicted octanol–water partition coefficient (Wildman–Crippen LogP) is 2.01. The molecule has 1 atom stereocenters. The largest absolute Gasteiger partial charge is 0.369 e. The van der Waals surface area contributed by atoms with Crippen molar-refractivity contribution < 1.29 is 0 Å². The molecule has 0 amide bonds. The molecule has 1 heterocycles. The molecule has 1 aliphatic rings. The zero-order valence-corrected chi connectivity index (χ0v) is 9.96. The molecule has 1 N–H and O–H groups in total. The Kier molecular flexibility index (Phi) is 3.33. The second kappa shape index (κ2) is 4.73. The van der Waals surface area contributed by atoms with Crippen LogP contribution < -0.4 is 10.2 Å². The van der Waals surface area contributed by atoms with Gasteiger partial charge in [0.25, 0.3) is 0 Å². The lowest BCUT2D eigenvalue weighted by molar-refractivity contribution is 0.617. The first-order valence-electron chi connectivity index (χ1n) is 5.36. The van der Waals surface area contributed by atoms with Gasteiger partial charge in [-0.2, -0.15) is 5.26 Å². The average Bonchev–Trinajstić information content (AvgIpc) is 2.77. The van der Waals surface area contributed by atoms with Crippen molar-refractivity contribution >= 4 is 17.3 Å². The number of likely N-dealkylation sites (N-methyl/N-ethyl adjacent to an activating group) is 1. The van der Waals surface area contributed by atoms with E-state index in [4.69, 9.17) is 16.9 Å². The van der Waals surface area contributed by atoms with Crippen LogP contribution in [-0.4, -0.2) is 26.2 Å². The van der Waals surface area contributed by atoms with Crippen LogP contribution in [0.1, 0.15) is 12.0 Å². The van der Waals surface area contributed by atoms with Gasteiger partial charge in [0.1, 0.15) is 6.07 Å². The highest BCUT2D eigenvalue weighted by atomic mass is 35.5. The normalized spacial score (nSPS) is 19.8. The molecule has 0 saturated carbocycles. The van der Waals surface area contributed by atoms with Crippen molar-refractivity contribution in [2.24, 2.45) is 0 Å². The quantitative estimate of drug-likeness (QED) is 0.853. The molecule has 1 aromatic rings. The third-order valence-corrected chi connectivity index (χ3v) is 3.25. The maximum absolute atomic E-state index is 9.06. The van der Waals surface area contributed by atoms with E-state index in [1.807, 2.05) is 13.1 Å². The van der Waals surface area contributed by atoms with E-state index in [0.29, 0.717) is 16.6 Å². The van der Waals surface area contributed by atoms with Crippen LogP contribution in [0, 0.1) is 11.3 Å². The lowest BCUT2D eigenvalue weighted by Gasteiger charge is -2.20. The summed E-state index contributed by atoms with van der Waals surface area (Å²) >= 11 is 5.97. The molecule has 84 valence electrons. The Morgan fingerprint density at radius 3 is 3.00 bits per heavy atom. The second-order valence-electron chi connectivity index (χ2n) is 3.99. The van der Waals surface area contributed by atoms with Gasteiger partial charge in [-0.25, -0.2) is 0 Å². The Morgan fingerprint density at radius 1 is 1.56 bits per heavy atom. The highest BCUT2D eigenvalue weighted by molar-refractivity contribution is 6.30. The van der Waals surface area contributed by atoms with Crippen LogP contribution in [0.4, 0.5) is 5.69 Å². The van der Waals surface area contributed by atoms with Crippen LogP contribution in [0.3, 0.4) is 0 Å². The van der Waals surface area contributed by atoms with Crippen LogP contribution in [0.5, 0.6) is 0 Å². The molecule has 1 unspecified atom stereocenters. The first-order valence-corrected chi connectivity index (χ1v) is 5.74. The molecule has 1 saturated heterocycles. The molecule has 0 aliphatic carbocycles. The summed E-state index contributed by atoms with van der Waals surface area (Å²) in [5.74, 6) is 0. The van der Waals surface area contributed by atoms with Crippen LogP contribution in [0.25, 0.3) is 0 Å². The van der Waals surface area contributed by atoms with E-state index in [0.717, 1.165) is 25.2 Å². The maximum Gasteiger partial charge on any atom is 0.101 e. The Morgan fingerprint density at radius 2 is 2.38 bits per heavy atom. The number of nitrogens with one attached hydrogen (secondary N) is 1. The second-order valence-corrected chi connectivity index (χ2v) is 4.43. The van der Waals surface area contributed by atoms with Crippen molar-refractivity contribution in [2.45, 2.75) is 12.5 Å². The van der Waals surface area contributed by atoms with E-state index in [1.54, 1.807) is 12.1 Å². The van der Waals surface area contributed by atoms with Crippen LogP contribution in [0.15, 0.2) is 18.2 Å². The summed E-state index contributed by atoms with van der Waals surface area (Å²) in [5, 5.41) is 13.0. The van der Waals surface area contributed by atoms with Gasteiger partial charge in [-0.15, -0.1) is 0 Å². The summed E-state index contributed by atoms with van der Waals surface area (Å²) in [7, 11) is 1.97. The molecule has 0 radical (unpaired) electrons. The van der Waals surface area contributed by atoms with Gasteiger partial charge in [-0.1, -0.05) is 11.6 Å². The van der Waals surface area contributed by atoms with Crippen LogP contribution in [-0.2, 0) is 0 Å². The van der Waals surface area contributed by atoms with E-state index in [9.17, 15) is 0 Å². The molecule has 4 heteroatoms. The average molecular weight is 236 g/mol. The number of nitriles is 1. The Labute approximate surface area is 101 Å². The smallest absolute Gasteiger partial charge is 0.101 e. The minimum absolute atomic E-state index is 0.505. The van der Waals surface area contributed by atoms with E-state index < -0.39 is 0 Å². The highest BCUT2D eigenvalue weighted by Gasteiger charge is 2.23. The fraction of sp³-hybridized carbons (Fsp3) is 0.417. The summed E-state index contributed by atoms with van der Waals surface area (Å²) in [5.41, 5.74) is 1.65. The lowest BCUT2D eigenvalue weighted by Crippen LogP contribution is -2.29. The summed E-state index contributed by atoms with van der Waals surface area (Å²) in [4.78, 5) is 2.21. The van der Waals surface area contributed by atoms with E-state index in [1.165, 1.54) is 0 Å². The van der Waals surface area contributed by atoms with Crippen molar-refractivity contribution in [1.29, 1.82) is 5.26 Å². The van der Waals surface area contributed by atoms with Crippen molar-refractivity contribution in [2.75, 3.05) is 25.0 Å². The Hall–Kier alpha value is -1.24. The zero-order chi connectivity index (χ0) is 11.5. The van der Waals surface area contributed by atoms with Crippen LogP contribution in [0.2, 0.25) is 5.02 Å². The van der Waals surface area contributed by atoms with Crippen molar-refractivity contribution in [3.8, 4) is 6.07 Å². The van der Waals surface area contributed by atoms with Crippen molar-refractivity contribution in [1.82, 2.24) is 5.32 Å². The first kappa shape index (κ1) is 11.3. The predicted molar refractivity (Wildman–Crippen MR) is 65.8 cm³/mol. The van der Waals surface area contributed by atoms with Crippen molar-refractivity contribution in [3.05, 3.63) is 28.8 Å². The molecule has 16 heavy (non-hydrogen) atoms. The Bertz CT molecular complexity index is 425. The summed E-state index contributed by atoms with van der Waals surface area (Å²) in [6.45, 7) is 1.91. The summed E-state index contributed by atoms with van der Waals surface area (Å²) < 4.78 is 0. The van der Waals surface area contributed by atoms with Gasteiger partial charge in [0.15, 0.2) is 0 Å². The van der Waals surface area contributed by atoms with E-state index >= 15 is 0 Å². The summed E-state index contributed by atoms with van der Waals surface area (Å²) in [6.07, 6.45) is 1.11. The van der Waals surface area contributed by atoms with Crippen LogP contribution >= 0.6 is 11.6 Å². The topological polar surface area (TPSA) is 39.1 Å². The minimum Gasteiger partial charge on any atom is -0.369 e. The minimum atomic E-state index is 0.505. The van der Waals surface area contributed by atoms with E-state index in [2.05, 4.69) is 16.3 Å². The molecular formula is C12H14ClN3. The number of nitrogens with zero attached hydrogens (tertiary/aromatic N) is 2. The summed E-state index contributed by atoms with van der Waals surface area (Å²) in [6, 6.07) is 8.13. The van der Waals surface area contributed by atoms with Gasteiger partial charge in [-0.3, -0.25) is 0 Å². The molecule has 0 aromatic heterocycles. The van der Waals surface area contributed by atoms with Gasteiger partial charge < -0.3 is 10.2 Å². The molecule has 1 fully saturated rings. The van der Waals surface area contributed by atoms with Gasteiger partial charge in [-0.05, 0) is 31.7 Å². The lowest BCUT2D eigenvalue weighted by atomic mass is 10.2. The molecule has 0 bridgehead atoms. The number of rotatable bonds is 2. The Balaban J connectivity index is 2.27. The fourth-order valence-electron chi connectivity index (χ4n) is 2.08. The molecular weight excluding hydrogens is 222 g/mol. The highest BCUT2D eigenvalue weighted by Crippen LogP contribution is 2.27. The molecule has 2 rings (SSSR count). The third kappa shape index (κ3) is 2.13. The third-order valence-electron chi connectivity index (χ3n) is 3.02. The van der Waals surface area contributed by atoms with Gasteiger partial charge >= 0.3 is 0 Å². The van der Waals surface area contributed by atoms with Gasteiger partial charge in [0, 0.05) is 24.2 Å². The maximum atomic E-state index is 9.06. The molecule has 1 aromatic carbocycles. The zero-order valence-electron chi connectivity index (χ0n) is 9.20. The molecule has 1 aliphatic heterocycles. The fourth-order valence-corrected chi connectivity index (χ4v) is 2.24. The first-order chi connectivity index (χ1) is 7.74. The van der Waals surface area contributed by atoms with Crippen molar-refractivity contribution in [3.63, 3.8) is 0 Å². The van der Waals surface area contributed by atoms with Gasteiger partial charge in [0.2, 0.25) is 0 Å². The monoisotopic (exact) mass is 235 g/mol. The van der Waals surface area contributed by atoms with Gasteiger partial charge in [0.05, 0.1) is 11.3 Å². The number of benzene rings is 1.